The van der Waals surface area contributed by atoms with Crippen molar-refractivity contribution in [3.63, 3.8) is 0 Å². The standard InChI is InChI=1S/C20H27N3O4/c1-20(2,3)27-18(25)16-13-21(4)19(26)23(16)17(24)15-10-11-22(15)12-14-8-6-5-7-9-14/h5-9,15-16H,10-13H2,1-4H3/t15-,16+/m1/s1. The molecule has 2 heterocycles. The maximum Gasteiger partial charge on any atom is 0.331 e. The molecule has 2 atom stereocenters. The Kier molecular flexibility index (Phi) is 5.24. The summed E-state index contributed by atoms with van der Waals surface area (Å²) in [5.41, 5.74) is 0.440. The van der Waals surface area contributed by atoms with Gasteiger partial charge in [-0.2, -0.15) is 0 Å². The van der Waals surface area contributed by atoms with Gasteiger partial charge in [0.15, 0.2) is 6.04 Å². The first-order chi connectivity index (χ1) is 12.7. The number of hydrogen-bond donors (Lipinski definition) is 0. The molecule has 2 aliphatic rings. The van der Waals surface area contributed by atoms with Crippen molar-refractivity contribution in [3.8, 4) is 0 Å². The van der Waals surface area contributed by atoms with E-state index >= 15 is 0 Å². The summed E-state index contributed by atoms with van der Waals surface area (Å²) in [5.74, 6) is -0.857. The minimum absolute atomic E-state index is 0.158. The Bertz CT molecular complexity index is 728. The zero-order chi connectivity index (χ0) is 19.8. The predicted octanol–water partition coefficient (Wildman–Crippen LogP) is 1.87. The van der Waals surface area contributed by atoms with Crippen LogP contribution >= 0.6 is 0 Å². The van der Waals surface area contributed by atoms with Crippen LogP contribution in [0.4, 0.5) is 4.79 Å². The summed E-state index contributed by atoms with van der Waals surface area (Å²) < 4.78 is 5.43. The van der Waals surface area contributed by atoms with Gasteiger partial charge in [-0.15, -0.1) is 0 Å². The molecule has 0 bridgehead atoms. The van der Waals surface area contributed by atoms with E-state index in [4.69, 9.17) is 4.74 Å². The highest BCUT2D eigenvalue weighted by Gasteiger charge is 2.49. The summed E-state index contributed by atoms with van der Waals surface area (Å²) in [6.07, 6.45) is 0.681. The van der Waals surface area contributed by atoms with E-state index in [0.717, 1.165) is 17.0 Å². The number of ether oxygens (including phenoxy) is 1. The number of likely N-dealkylation sites (N-methyl/N-ethyl adjacent to an activating group) is 1. The van der Waals surface area contributed by atoms with E-state index in [0.29, 0.717) is 13.0 Å². The van der Waals surface area contributed by atoms with Crippen LogP contribution in [0.15, 0.2) is 30.3 Å². The minimum atomic E-state index is -0.895. The second-order valence-electron chi connectivity index (χ2n) is 8.18. The number of carbonyl (C=O) groups is 3. The van der Waals surface area contributed by atoms with E-state index in [1.165, 1.54) is 4.90 Å². The minimum Gasteiger partial charge on any atom is -0.458 e. The van der Waals surface area contributed by atoms with Crippen LogP contribution in [0.3, 0.4) is 0 Å². The summed E-state index contributed by atoms with van der Waals surface area (Å²) >= 11 is 0. The average molecular weight is 373 g/mol. The molecule has 2 fully saturated rings. The first-order valence-corrected chi connectivity index (χ1v) is 9.26. The van der Waals surface area contributed by atoms with E-state index in [2.05, 4.69) is 0 Å². The maximum atomic E-state index is 13.1. The first-order valence-electron chi connectivity index (χ1n) is 9.26. The van der Waals surface area contributed by atoms with Crippen LogP contribution in [0, 0.1) is 0 Å². The fourth-order valence-electron chi connectivity index (χ4n) is 3.42. The number of esters is 1. The van der Waals surface area contributed by atoms with E-state index < -0.39 is 23.6 Å². The van der Waals surface area contributed by atoms with Gasteiger partial charge in [0, 0.05) is 20.1 Å². The molecule has 27 heavy (non-hydrogen) atoms. The molecule has 3 rings (SSSR count). The van der Waals surface area contributed by atoms with Crippen LogP contribution in [0.1, 0.15) is 32.8 Å². The van der Waals surface area contributed by atoms with Crippen molar-refractivity contribution in [1.82, 2.24) is 14.7 Å². The summed E-state index contributed by atoms with van der Waals surface area (Å²) in [6, 6.07) is 8.18. The van der Waals surface area contributed by atoms with Gasteiger partial charge in [0.25, 0.3) is 0 Å². The number of hydrogen-bond acceptors (Lipinski definition) is 5. The molecule has 0 aromatic heterocycles. The van der Waals surface area contributed by atoms with Crippen molar-refractivity contribution in [2.75, 3.05) is 20.1 Å². The Balaban J connectivity index is 1.73. The fourth-order valence-corrected chi connectivity index (χ4v) is 3.42. The first kappa shape index (κ1) is 19.4. The molecular formula is C20H27N3O4. The highest BCUT2D eigenvalue weighted by molar-refractivity contribution is 6.03. The molecule has 1 aromatic carbocycles. The molecule has 2 saturated heterocycles. The monoisotopic (exact) mass is 373 g/mol. The molecule has 3 amide bonds. The van der Waals surface area contributed by atoms with Gasteiger partial charge in [-0.05, 0) is 32.8 Å². The number of imide groups is 1. The average Bonchev–Trinajstić information content (AvgIpc) is 2.86. The Morgan fingerprint density at radius 3 is 2.37 bits per heavy atom. The number of urea groups is 1. The predicted molar refractivity (Wildman–Crippen MR) is 99.8 cm³/mol. The summed E-state index contributed by atoms with van der Waals surface area (Å²) in [4.78, 5) is 42.7. The third-order valence-corrected chi connectivity index (χ3v) is 4.85. The Morgan fingerprint density at radius 1 is 1.15 bits per heavy atom. The number of nitrogens with zero attached hydrogens (tertiary/aromatic N) is 3. The number of likely N-dealkylation sites (tertiary alicyclic amines) is 1. The molecule has 1 aromatic rings. The molecule has 7 heteroatoms. The van der Waals surface area contributed by atoms with Crippen LogP contribution in [0.2, 0.25) is 0 Å². The van der Waals surface area contributed by atoms with E-state index in [1.807, 2.05) is 35.2 Å². The van der Waals surface area contributed by atoms with Crippen molar-refractivity contribution < 1.29 is 19.1 Å². The summed E-state index contributed by atoms with van der Waals surface area (Å²) in [7, 11) is 1.59. The van der Waals surface area contributed by atoms with Gasteiger partial charge >= 0.3 is 12.0 Å². The highest BCUT2D eigenvalue weighted by Crippen LogP contribution is 2.27. The zero-order valence-electron chi connectivity index (χ0n) is 16.3. The van der Waals surface area contributed by atoms with E-state index in [9.17, 15) is 14.4 Å². The van der Waals surface area contributed by atoms with Gasteiger partial charge in [0.1, 0.15) is 5.60 Å². The van der Waals surface area contributed by atoms with E-state index in [-0.39, 0.29) is 18.5 Å². The lowest BCUT2D eigenvalue weighted by molar-refractivity contribution is -0.163. The van der Waals surface area contributed by atoms with Crippen LogP contribution in [-0.2, 0) is 20.9 Å². The second kappa shape index (κ2) is 7.31. The van der Waals surface area contributed by atoms with Crippen molar-refractivity contribution in [2.45, 2.75) is 51.4 Å². The van der Waals surface area contributed by atoms with Crippen LogP contribution in [0.25, 0.3) is 0 Å². The normalized spacial score (nSPS) is 23.3. The molecule has 0 spiro atoms. The van der Waals surface area contributed by atoms with Gasteiger partial charge in [-0.25, -0.2) is 14.5 Å². The Morgan fingerprint density at radius 2 is 1.81 bits per heavy atom. The highest BCUT2D eigenvalue weighted by atomic mass is 16.6. The van der Waals surface area contributed by atoms with Crippen LogP contribution in [-0.4, -0.2) is 70.4 Å². The summed E-state index contributed by atoms with van der Waals surface area (Å²) in [5, 5.41) is 0. The van der Waals surface area contributed by atoms with Crippen molar-refractivity contribution >= 4 is 17.9 Å². The molecule has 146 valence electrons. The smallest absolute Gasteiger partial charge is 0.331 e. The third kappa shape index (κ3) is 4.13. The fraction of sp³-hybridized carbons (Fsp3) is 0.550. The van der Waals surface area contributed by atoms with Crippen molar-refractivity contribution in [2.24, 2.45) is 0 Å². The van der Waals surface area contributed by atoms with Gasteiger partial charge in [-0.3, -0.25) is 9.69 Å². The Labute approximate surface area is 159 Å². The molecule has 0 radical (unpaired) electrons. The van der Waals surface area contributed by atoms with Crippen LogP contribution in [0.5, 0.6) is 0 Å². The lowest BCUT2D eigenvalue weighted by atomic mass is 9.99. The number of carbonyl (C=O) groups excluding carboxylic acids is 3. The van der Waals surface area contributed by atoms with Crippen LogP contribution < -0.4 is 0 Å². The largest absolute Gasteiger partial charge is 0.458 e. The lowest BCUT2D eigenvalue weighted by Gasteiger charge is -2.41. The molecular weight excluding hydrogens is 346 g/mol. The molecule has 0 N–H and O–H groups in total. The second-order valence-corrected chi connectivity index (χ2v) is 8.18. The van der Waals surface area contributed by atoms with Gasteiger partial charge in [-0.1, -0.05) is 30.3 Å². The van der Waals surface area contributed by atoms with Gasteiger partial charge in [0.05, 0.1) is 12.6 Å². The third-order valence-electron chi connectivity index (χ3n) is 4.85. The molecule has 7 nitrogen and oxygen atoms in total. The number of benzene rings is 1. The molecule has 0 saturated carbocycles. The Hall–Kier alpha value is -2.41. The maximum absolute atomic E-state index is 13.1. The van der Waals surface area contributed by atoms with Crippen molar-refractivity contribution in [3.05, 3.63) is 35.9 Å². The van der Waals surface area contributed by atoms with Crippen molar-refractivity contribution in [1.29, 1.82) is 0 Å². The lowest BCUT2D eigenvalue weighted by Crippen LogP contribution is -2.59. The quantitative estimate of drug-likeness (QED) is 0.754. The summed E-state index contributed by atoms with van der Waals surface area (Å²) in [6.45, 7) is 6.90. The molecule has 2 aliphatic heterocycles. The number of amides is 3. The number of rotatable bonds is 4. The topological polar surface area (TPSA) is 70.2 Å². The van der Waals surface area contributed by atoms with Gasteiger partial charge in [0.2, 0.25) is 5.91 Å². The molecule has 0 aliphatic carbocycles. The zero-order valence-corrected chi connectivity index (χ0v) is 16.3. The van der Waals surface area contributed by atoms with Gasteiger partial charge < -0.3 is 9.64 Å². The van der Waals surface area contributed by atoms with E-state index in [1.54, 1.807) is 27.8 Å². The molecule has 0 unspecified atom stereocenters. The SMILES string of the molecule is CN1C[C@@H](C(=O)OC(C)(C)C)N(C(=O)[C@H]2CCN2Cc2ccccc2)C1=O.